The topological polar surface area (TPSA) is 66.4 Å². The van der Waals surface area contributed by atoms with Crippen molar-refractivity contribution in [1.82, 2.24) is 0 Å². The van der Waals surface area contributed by atoms with Crippen LogP contribution in [0.25, 0.3) is 0 Å². The number of para-hydroxylation sites is 2. The highest BCUT2D eigenvalue weighted by Gasteiger charge is 2.20. The summed E-state index contributed by atoms with van der Waals surface area (Å²) in [6.45, 7) is 0. The second kappa shape index (κ2) is 5.28. The van der Waals surface area contributed by atoms with Gasteiger partial charge in [-0.1, -0.05) is 41.4 Å². The summed E-state index contributed by atoms with van der Waals surface area (Å²) in [5.74, 6) is -0.349. The maximum Gasteiger partial charge on any atom is 0.265 e. The van der Waals surface area contributed by atoms with Crippen LogP contribution in [0.5, 0.6) is 5.75 Å². The van der Waals surface area contributed by atoms with Crippen LogP contribution in [0.2, 0.25) is 10.0 Å². The normalized spacial score (nSPS) is 11.3. The molecule has 0 saturated carbocycles. The Hall–Kier alpha value is -1.43. The van der Waals surface area contributed by atoms with Gasteiger partial charge in [0.2, 0.25) is 0 Å². The van der Waals surface area contributed by atoms with Crippen molar-refractivity contribution >= 4 is 38.9 Å². The third-order valence-corrected chi connectivity index (χ3v) is 4.38. The first-order chi connectivity index (χ1) is 8.92. The molecule has 0 aromatic heterocycles. The molecule has 2 N–H and O–H groups in total. The van der Waals surface area contributed by atoms with Crippen LogP contribution in [-0.4, -0.2) is 13.5 Å². The predicted octanol–water partition coefficient (Wildman–Crippen LogP) is 3.50. The van der Waals surface area contributed by atoms with E-state index >= 15 is 0 Å². The van der Waals surface area contributed by atoms with Gasteiger partial charge in [0.25, 0.3) is 10.0 Å². The van der Waals surface area contributed by atoms with Crippen LogP contribution in [0, 0.1) is 0 Å². The zero-order valence-corrected chi connectivity index (χ0v) is 11.8. The van der Waals surface area contributed by atoms with Crippen molar-refractivity contribution in [2.45, 2.75) is 4.90 Å². The Bertz CT molecular complexity index is 696. The standard InChI is InChI=1S/C12H9Cl2NO3S/c13-8-4-3-5-9(14)12(8)15-19(17,18)11-7-2-1-6-10(11)16/h1-7,15-16H. The van der Waals surface area contributed by atoms with Crippen molar-refractivity contribution in [3.8, 4) is 5.75 Å². The van der Waals surface area contributed by atoms with Gasteiger partial charge in [-0.05, 0) is 24.3 Å². The highest BCUT2D eigenvalue weighted by atomic mass is 35.5. The lowest BCUT2D eigenvalue weighted by Crippen LogP contribution is -2.13. The monoisotopic (exact) mass is 317 g/mol. The quantitative estimate of drug-likeness (QED) is 0.910. The van der Waals surface area contributed by atoms with Gasteiger partial charge in [-0.15, -0.1) is 0 Å². The van der Waals surface area contributed by atoms with Crippen molar-refractivity contribution in [2.75, 3.05) is 4.72 Å². The summed E-state index contributed by atoms with van der Waals surface area (Å²) >= 11 is 11.8. The molecule has 0 aliphatic carbocycles. The molecule has 2 aromatic rings. The average Bonchev–Trinajstić information content (AvgIpc) is 2.34. The first-order valence-electron chi connectivity index (χ1n) is 5.16. The summed E-state index contributed by atoms with van der Waals surface area (Å²) in [4.78, 5) is -0.244. The Kier molecular flexibility index (Phi) is 3.89. The number of nitrogens with one attached hydrogen (secondary N) is 1. The molecule has 0 aliphatic rings. The van der Waals surface area contributed by atoms with Crippen molar-refractivity contribution in [3.63, 3.8) is 0 Å². The van der Waals surface area contributed by atoms with E-state index in [1.807, 2.05) is 0 Å². The van der Waals surface area contributed by atoms with Gasteiger partial charge >= 0.3 is 0 Å². The highest BCUT2D eigenvalue weighted by molar-refractivity contribution is 7.92. The summed E-state index contributed by atoms with van der Waals surface area (Å²) in [5, 5.41) is 9.92. The fourth-order valence-corrected chi connectivity index (χ4v) is 3.27. The lowest BCUT2D eigenvalue weighted by atomic mass is 10.3. The molecule has 0 saturated heterocycles. The SMILES string of the molecule is O=S(=O)(Nc1c(Cl)cccc1Cl)c1ccccc1O. The van der Waals surface area contributed by atoms with E-state index in [9.17, 15) is 13.5 Å². The Labute approximate surface area is 120 Å². The summed E-state index contributed by atoms with van der Waals surface area (Å²) in [7, 11) is -3.96. The predicted molar refractivity (Wildman–Crippen MR) is 75.4 cm³/mol. The maximum absolute atomic E-state index is 12.1. The molecular formula is C12H9Cl2NO3S. The van der Waals surface area contributed by atoms with Gasteiger partial charge in [0.15, 0.2) is 0 Å². The molecule has 0 heterocycles. The highest BCUT2D eigenvalue weighted by Crippen LogP contribution is 2.33. The van der Waals surface area contributed by atoms with Crippen LogP contribution in [0.15, 0.2) is 47.4 Å². The second-order valence-corrected chi connectivity index (χ2v) is 6.14. The van der Waals surface area contributed by atoms with E-state index in [-0.39, 0.29) is 26.4 Å². The molecule has 0 fully saturated rings. The van der Waals surface area contributed by atoms with Gasteiger partial charge in [0.05, 0.1) is 15.7 Å². The molecule has 0 unspecified atom stereocenters. The molecule has 7 heteroatoms. The van der Waals surface area contributed by atoms with Crippen LogP contribution in [0.4, 0.5) is 5.69 Å². The minimum absolute atomic E-state index is 0.0779. The molecule has 0 amide bonds. The zero-order valence-electron chi connectivity index (χ0n) is 9.47. The lowest BCUT2D eigenvalue weighted by molar-refractivity contribution is 0.459. The number of phenols is 1. The first kappa shape index (κ1) is 14.0. The summed E-state index contributed by atoms with van der Waals surface area (Å²) in [6, 6.07) is 10.2. The molecule has 4 nitrogen and oxygen atoms in total. The van der Waals surface area contributed by atoms with Crippen molar-refractivity contribution in [2.24, 2.45) is 0 Å². The summed E-state index contributed by atoms with van der Waals surface area (Å²) < 4.78 is 26.5. The van der Waals surface area contributed by atoms with E-state index in [1.54, 1.807) is 6.07 Å². The molecule has 19 heavy (non-hydrogen) atoms. The number of halogens is 2. The Morgan fingerprint density at radius 3 is 2.11 bits per heavy atom. The van der Waals surface area contributed by atoms with Crippen molar-refractivity contribution < 1.29 is 13.5 Å². The molecule has 0 atom stereocenters. The number of hydrogen-bond acceptors (Lipinski definition) is 3. The molecule has 0 spiro atoms. The third-order valence-electron chi connectivity index (χ3n) is 2.35. The number of aromatic hydroxyl groups is 1. The fraction of sp³-hybridized carbons (Fsp3) is 0. The van der Waals surface area contributed by atoms with Gasteiger partial charge in [-0.2, -0.15) is 0 Å². The molecule has 0 bridgehead atoms. The summed E-state index contributed by atoms with van der Waals surface area (Å²) in [6.07, 6.45) is 0. The molecule has 2 aromatic carbocycles. The maximum atomic E-state index is 12.1. The van der Waals surface area contributed by atoms with E-state index in [2.05, 4.69) is 4.72 Å². The minimum Gasteiger partial charge on any atom is -0.507 e. The molecule has 0 radical (unpaired) electrons. The van der Waals surface area contributed by atoms with E-state index in [4.69, 9.17) is 23.2 Å². The van der Waals surface area contributed by atoms with E-state index in [0.717, 1.165) is 0 Å². The zero-order chi connectivity index (χ0) is 14.0. The Morgan fingerprint density at radius 2 is 1.53 bits per heavy atom. The van der Waals surface area contributed by atoms with Crippen LogP contribution in [0.3, 0.4) is 0 Å². The number of phenolic OH excluding ortho intramolecular Hbond substituents is 1. The van der Waals surface area contributed by atoms with Crippen molar-refractivity contribution in [3.05, 3.63) is 52.5 Å². The average molecular weight is 318 g/mol. The van der Waals surface area contributed by atoms with Crippen LogP contribution in [0.1, 0.15) is 0 Å². The lowest BCUT2D eigenvalue weighted by Gasteiger charge is -2.11. The minimum atomic E-state index is -3.96. The van der Waals surface area contributed by atoms with Gasteiger partial charge in [0.1, 0.15) is 10.6 Å². The number of rotatable bonds is 3. The summed E-state index contributed by atoms with van der Waals surface area (Å²) in [5.41, 5.74) is 0.0779. The van der Waals surface area contributed by atoms with Crippen LogP contribution < -0.4 is 4.72 Å². The smallest absolute Gasteiger partial charge is 0.265 e. The Morgan fingerprint density at radius 1 is 0.947 bits per heavy atom. The number of sulfonamides is 1. The van der Waals surface area contributed by atoms with Gasteiger partial charge in [-0.3, -0.25) is 4.72 Å². The first-order valence-corrected chi connectivity index (χ1v) is 7.40. The fourth-order valence-electron chi connectivity index (χ4n) is 1.47. The molecule has 100 valence electrons. The molecule has 2 rings (SSSR count). The molecule has 0 aliphatic heterocycles. The number of benzene rings is 2. The molecular weight excluding hydrogens is 309 g/mol. The van der Waals surface area contributed by atoms with E-state index in [0.29, 0.717) is 0 Å². The largest absolute Gasteiger partial charge is 0.507 e. The van der Waals surface area contributed by atoms with Gasteiger partial charge in [-0.25, -0.2) is 8.42 Å². The van der Waals surface area contributed by atoms with E-state index < -0.39 is 10.0 Å². The van der Waals surface area contributed by atoms with Gasteiger partial charge < -0.3 is 5.11 Å². The number of anilines is 1. The number of hydrogen-bond donors (Lipinski definition) is 2. The van der Waals surface area contributed by atoms with Gasteiger partial charge in [0, 0.05) is 0 Å². The Balaban J connectivity index is 2.46. The third kappa shape index (κ3) is 2.94. The van der Waals surface area contributed by atoms with Crippen LogP contribution >= 0.6 is 23.2 Å². The second-order valence-electron chi connectivity index (χ2n) is 3.67. The van der Waals surface area contributed by atoms with Crippen molar-refractivity contribution in [1.29, 1.82) is 0 Å². The van der Waals surface area contributed by atoms with E-state index in [1.165, 1.54) is 36.4 Å². The van der Waals surface area contributed by atoms with Crippen LogP contribution in [-0.2, 0) is 10.0 Å².